The first-order chi connectivity index (χ1) is 14.4. The summed E-state index contributed by atoms with van der Waals surface area (Å²) in [7, 11) is 1.59. The van der Waals surface area contributed by atoms with Crippen molar-refractivity contribution in [1.29, 1.82) is 0 Å². The van der Waals surface area contributed by atoms with E-state index < -0.39 is 0 Å². The molecule has 1 aliphatic rings. The topological polar surface area (TPSA) is 67.9 Å². The number of methoxy groups -OCH3 is 1. The van der Waals surface area contributed by atoms with Crippen molar-refractivity contribution in [3.05, 3.63) is 64.8 Å². The second-order valence-corrected chi connectivity index (χ2v) is 7.62. The van der Waals surface area contributed by atoms with Gasteiger partial charge >= 0.3 is 0 Å². The Labute approximate surface area is 181 Å². The van der Waals surface area contributed by atoms with E-state index in [-0.39, 0.29) is 30.2 Å². The molecular formula is C23H25ClN2O4. The fraction of sp³-hybridized carbons (Fsp3) is 0.304. The maximum Gasteiger partial charge on any atom is 0.278 e. The minimum atomic E-state index is -0.358. The highest BCUT2D eigenvalue weighted by atomic mass is 35.5. The predicted octanol–water partition coefficient (Wildman–Crippen LogP) is 4.36. The molecule has 2 aromatic carbocycles. The zero-order valence-corrected chi connectivity index (χ0v) is 18.0. The molecule has 0 unspecified atom stereocenters. The number of ether oxygens (including phenoxy) is 2. The number of imide groups is 1. The molecule has 0 radical (unpaired) electrons. The minimum Gasteiger partial charge on any atom is -0.491 e. The normalized spacial score (nSPS) is 14.1. The van der Waals surface area contributed by atoms with Gasteiger partial charge in [-0.15, -0.1) is 0 Å². The average Bonchev–Trinajstić information content (AvgIpc) is 2.94. The zero-order valence-electron chi connectivity index (χ0n) is 17.3. The molecule has 0 saturated carbocycles. The van der Waals surface area contributed by atoms with Crippen LogP contribution >= 0.6 is 11.6 Å². The van der Waals surface area contributed by atoms with Crippen LogP contribution < -0.4 is 10.1 Å². The van der Waals surface area contributed by atoms with Crippen molar-refractivity contribution in [3.8, 4) is 5.75 Å². The molecule has 2 amide bonds. The molecule has 158 valence electrons. The molecule has 2 aromatic rings. The van der Waals surface area contributed by atoms with Crippen LogP contribution in [0.2, 0.25) is 5.02 Å². The number of anilines is 1. The molecule has 0 atom stereocenters. The second kappa shape index (κ2) is 9.78. The van der Waals surface area contributed by atoms with Gasteiger partial charge in [0, 0.05) is 31.0 Å². The Kier molecular flexibility index (Phi) is 7.13. The lowest BCUT2D eigenvalue weighted by Gasteiger charge is -2.15. The van der Waals surface area contributed by atoms with Crippen LogP contribution in [0.4, 0.5) is 5.69 Å². The summed E-state index contributed by atoms with van der Waals surface area (Å²) in [6.45, 7) is 4.66. The van der Waals surface area contributed by atoms with Gasteiger partial charge < -0.3 is 14.8 Å². The third-order valence-corrected chi connectivity index (χ3v) is 4.78. The number of benzene rings is 2. The quantitative estimate of drug-likeness (QED) is 0.475. The van der Waals surface area contributed by atoms with Crippen molar-refractivity contribution in [3.63, 3.8) is 0 Å². The van der Waals surface area contributed by atoms with Crippen LogP contribution in [0.3, 0.4) is 0 Å². The third kappa shape index (κ3) is 5.01. The second-order valence-electron chi connectivity index (χ2n) is 7.18. The summed E-state index contributed by atoms with van der Waals surface area (Å²) >= 11 is 5.99. The van der Waals surface area contributed by atoms with Gasteiger partial charge in [-0.25, -0.2) is 0 Å². The molecule has 6 nitrogen and oxygen atoms in total. The lowest BCUT2D eigenvalue weighted by molar-refractivity contribution is -0.136. The Bertz CT molecular complexity index is 937. The van der Waals surface area contributed by atoms with Gasteiger partial charge in [-0.05, 0) is 62.2 Å². The summed E-state index contributed by atoms with van der Waals surface area (Å²) in [5, 5.41) is 3.69. The molecule has 30 heavy (non-hydrogen) atoms. The molecule has 3 rings (SSSR count). The highest BCUT2D eigenvalue weighted by Crippen LogP contribution is 2.31. The molecule has 1 heterocycles. The fourth-order valence-corrected chi connectivity index (χ4v) is 3.31. The molecule has 0 spiro atoms. The van der Waals surface area contributed by atoms with Crippen molar-refractivity contribution in [2.45, 2.75) is 26.4 Å². The van der Waals surface area contributed by atoms with Gasteiger partial charge in [0.05, 0.1) is 11.7 Å². The highest BCUT2D eigenvalue weighted by molar-refractivity contribution is 6.36. The summed E-state index contributed by atoms with van der Waals surface area (Å²) in [6, 6.07) is 14.2. The lowest BCUT2D eigenvalue weighted by Crippen LogP contribution is -2.33. The molecule has 1 aliphatic heterocycles. The SMILES string of the molecule is COCCCN1C(=O)C(Nc2ccc(OC(C)C)cc2)=C(c2ccc(Cl)cc2)C1=O. The number of nitrogens with zero attached hydrogens (tertiary/aromatic N) is 1. The Hall–Kier alpha value is -2.83. The van der Waals surface area contributed by atoms with E-state index in [4.69, 9.17) is 21.1 Å². The maximum atomic E-state index is 13.1. The van der Waals surface area contributed by atoms with Gasteiger partial charge in [-0.3, -0.25) is 14.5 Å². The van der Waals surface area contributed by atoms with Crippen molar-refractivity contribution < 1.29 is 19.1 Å². The molecule has 0 fully saturated rings. The van der Waals surface area contributed by atoms with Crippen LogP contribution in [0.25, 0.3) is 5.57 Å². The van der Waals surface area contributed by atoms with Gasteiger partial charge in [0.25, 0.3) is 11.8 Å². The van der Waals surface area contributed by atoms with E-state index >= 15 is 0 Å². The van der Waals surface area contributed by atoms with E-state index in [1.165, 1.54) is 4.90 Å². The molecule has 0 aliphatic carbocycles. The molecule has 1 N–H and O–H groups in total. The lowest BCUT2D eigenvalue weighted by atomic mass is 10.0. The van der Waals surface area contributed by atoms with E-state index in [1.54, 1.807) is 31.4 Å². The number of hydrogen-bond acceptors (Lipinski definition) is 5. The molecule has 0 bridgehead atoms. The Balaban J connectivity index is 1.91. The number of rotatable bonds is 9. The molecule has 0 saturated heterocycles. The van der Waals surface area contributed by atoms with Gasteiger partial charge in [0.15, 0.2) is 0 Å². The number of carbonyl (C=O) groups excluding carboxylic acids is 2. The van der Waals surface area contributed by atoms with E-state index in [9.17, 15) is 9.59 Å². The number of hydrogen-bond donors (Lipinski definition) is 1. The van der Waals surface area contributed by atoms with E-state index in [0.29, 0.717) is 34.9 Å². The van der Waals surface area contributed by atoms with Crippen LogP contribution in [0.1, 0.15) is 25.8 Å². The molecule has 7 heteroatoms. The summed E-state index contributed by atoms with van der Waals surface area (Å²) in [4.78, 5) is 27.4. The predicted molar refractivity (Wildman–Crippen MR) is 117 cm³/mol. The standard InChI is InChI=1S/C23H25ClN2O4/c1-15(2)30-19-11-9-18(10-12-19)25-21-20(16-5-7-17(24)8-6-16)22(27)26(23(21)28)13-4-14-29-3/h5-12,15,25H,4,13-14H2,1-3H3. The van der Waals surface area contributed by atoms with E-state index in [1.807, 2.05) is 38.1 Å². The van der Waals surface area contributed by atoms with E-state index in [0.717, 1.165) is 5.75 Å². The zero-order chi connectivity index (χ0) is 21.7. The summed E-state index contributed by atoms with van der Waals surface area (Å²) in [5.41, 5.74) is 1.90. The summed E-state index contributed by atoms with van der Waals surface area (Å²) in [6.07, 6.45) is 0.633. The van der Waals surface area contributed by atoms with Crippen LogP contribution in [-0.2, 0) is 14.3 Å². The maximum absolute atomic E-state index is 13.1. The van der Waals surface area contributed by atoms with Crippen LogP contribution in [-0.4, -0.2) is 43.1 Å². The Morgan fingerprint density at radius 2 is 1.67 bits per heavy atom. The van der Waals surface area contributed by atoms with Crippen molar-refractivity contribution >= 4 is 34.7 Å². The van der Waals surface area contributed by atoms with Crippen LogP contribution in [0, 0.1) is 0 Å². The highest BCUT2D eigenvalue weighted by Gasteiger charge is 2.38. The van der Waals surface area contributed by atoms with Crippen molar-refractivity contribution in [1.82, 2.24) is 4.90 Å². The van der Waals surface area contributed by atoms with Gasteiger partial charge in [-0.1, -0.05) is 23.7 Å². The fourth-order valence-electron chi connectivity index (χ4n) is 3.18. The summed E-state index contributed by atoms with van der Waals surface area (Å²) < 4.78 is 10.7. The number of carbonyl (C=O) groups is 2. The van der Waals surface area contributed by atoms with Gasteiger partial charge in [0.2, 0.25) is 0 Å². The number of nitrogens with one attached hydrogen (secondary N) is 1. The number of amides is 2. The Morgan fingerprint density at radius 1 is 1.00 bits per heavy atom. The van der Waals surface area contributed by atoms with Gasteiger partial charge in [-0.2, -0.15) is 0 Å². The van der Waals surface area contributed by atoms with Crippen molar-refractivity contribution in [2.24, 2.45) is 0 Å². The largest absolute Gasteiger partial charge is 0.491 e. The van der Waals surface area contributed by atoms with Crippen LogP contribution in [0.5, 0.6) is 5.75 Å². The van der Waals surface area contributed by atoms with E-state index in [2.05, 4.69) is 5.32 Å². The number of halogens is 1. The van der Waals surface area contributed by atoms with Gasteiger partial charge in [0.1, 0.15) is 11.4 Å². The average molecular weight is 429 g/mol. The monoisotopic (exact) mass is 428 g/mol. The van der Waals surface area contributed by atoms with Crippen LogP contribution in [0.15, 0.2) is 54.2 Å². The smallest absolute Gasteiger partial charge is 0.278 e. The first kappa shape index (κ1) is 21.9. The summed E-state index contributed by atoms with van der Waals surface area (Å²) in [5.74, 6) is 0.0433. The third-order valence-electron chi connectivity index (χ3n) is 4.53. The minimum absolute atomic E-state index is 0.0673. The first-order valence-corrected chi connectivity index (χ1v) is 10.2. The first-order valence-electron chi connectivity index (χ1n) is 9.79. The molecular weight excluding hydrogens is 404 g/mol. The Morgan fingerprint density at radius 3 is 2.27 bits per heavy atom. The van der Waals surface area contributed by atoms with Crippen molar-refractivity contribution in [2.75, 3.05) is 25.6 Å². The molecule has 0 aromatic heterocycles.